The standard InChI is InChI=1S/C25H30FN5O2/c1-17(2)23-27-24(33-28-23)19-10-11-21(20(26)16-19)30-12-14-31(15-13-30)22(25(32)29(3)4)18-8-6-5-7-9-18/h5-11,16-17,22H,12-15H2,1-4H3. The minimum absolute atomic E-state index is 0.0468. The molecule has 1 saturated heterocycles. The lowest BCUT2D eigenvalue weighted by Gasteiger charge is -2.40. The number of rotatable bonds is 6. The van der Waals surface area contributed by atoms with Crippen molar-refractivity contribution in [3.63, 3.8) is 0 Å². The fraction of sp³-hybridized carbons (Fsp3) is 0.400. The molecule has 0 radical (unpaired) electrons. The van der Waals surface area contributed by atoms with E-state index in [0.29, 0.717) is 49.1 Å². The molecule has 8 heteroatoms. The van der Waals surface area contributed by atoms with E-state index in [1.807, 2.05) is 55.1 Å². The molecule has 1 unspecified atom stereocenters. The van der Waals surface area contributed by atoms with E-state index in [-0.39, 0.29) is 23.7 Å². The average Bonchev–Trinajstić information content (AvgIpc) is 3.31. The van der Waals surface area contributed by atoms with Crippen LogP contribution < -0.4 is 4.90 Å². The van der Waals surface area contributed by atoms with Crippen LogP contribution in [0.25, 0.3) is 11.5 Å². The molecule has 33 heavy (non-hydrogen) atoms. The van der Waals surface area contributed by atoms with Crippen LogP contribution in [0.1, 0.15) is 37.2 Å². The number of carbonyl (C=O) groups is 1. The molecular weight excluding hydrogens is 421 g/mol. The molecule has 1 aliphatic rings. The van der Waals surface area contributed by atoms with Crippen molar-refractivity contribution in [1.82, 2.24) is 19.9 Å². The summed E-state index contributed by atoms with van der Waals surface area (Å²) in [6, 6.07) is 14.5. The van der Waals surface area contributed by atoms with E-state index in [1.165, 1.54) is 6.07 Å². The Kier molecular flexibility index (Phi) is 6.74. The zero-order chi connectivity index (χ0) is 23.5. The second kappa shape index (κ2) is 9.70. The molecular formula is C25H30FN5O2. The maximum Gasteiger partial charge on any atom is 0.258 e. The van der Waals surface area contributed by atoms with Crippen LogP contribution >= 0.6 is 0 Å². The van der Waals surface area contributed by atoms with Crippen molar-refractivity contribution < 1.29 is 13.7 Å². The normalized spacial score (nSPS) is 15.6. The van der Waals surface area contributed by atoms with Crippen LogP contribution in [0.3, 0.4) is 0 Å². The molecule has 1 atom stereocenters. The Morgan fingerprint density at radius 3 is 2.33 bits per heavy atom. The molecule has 0 bridgehead atoms. The molecule has 1 fully saturated rings. The molecule has 0 saturated carbocycles. The SMILES string of the molecule is CC(C)c1noc(-c2ccc(N3CCN(C(C(=O)N(C)C)c4ccccc4)CC3)c(F)c2)n1. The summed E-state index contributed by atoms with van der Waals surface area (Å²) in [5.41, 5.74) is 2.08. The lowest BCUT2D eigenvalue weighted by atomic mass is 10.0. The topological polar surface area (TPSA) is 65.7 Å². The van der Waals surface area contributed by atoms with Crippen molar-refractivity contribution in [3.8, 4) is 11.5 Å². The van der Waals surface area contributed by atoms with Gasteiger partial charge in [0.1, 0.15) is 11.9 Å². The van der Waals surface area contributed by atoms with Gasteiger partial charge in [0.05, 0.1) is 5.69 Å². The van der Waals surface area contributed by atoms with Crippen LogP contribution in [0, 0.1) is 5.82 Å². The first-order valence-electron chi connectivity index (χ1n) is 11.2. The molecule has 1 aliphatic heterocycles. The van der Waals surface area contributed by atoms with Crippen molar-refractivity contribution in [2.24, 2.45) is 0 Å². The maximum atomic E-state index is 15.0. The minimum Gasteiger partial charge on any atom is -0.367 e. The van der Waals surface area contributed by atoms with E-state index in [9.17, 15) is 4.79 Å². The van der Waals surface area contributed by atoms with E-state index >= 15 is 4.39 Å². The fourth-order valence-electron chi connectivity index (χ4n) is 4.09. The van der Waals surface area contributed by atoms with Gasteiger partial charge < -0.3 is 14.3 Å². The number of amides is 1. The molecule has 7 nitrogen and oxygen atoms in total. The second-order valence-corrected chi connectivity index (χ2v) is 8.85. The first-order chi connectivity index (χ1) is 15.8. The monoisotopic (exact) mass is 451 g/mol. The van der Waals surface area contributed by atoms with Gasteiger partial charge in [-0.05, 0) is 23.8 Å². The highest BCUT2D eigenvalue weighted by Gasteiger charge is 2.32. The number of hydrogen-bond donors (Lipinski definition) is 0. The van der Waals surface area contributed by atoms with E-state index in [2.05, 4.69) is 15.0 Å². The molecule has 0 N–H and O–H groups in total. The Morgan fingerprint density at radius 1 is 1.06 bits per heavy atom. The highest BCUT2D eigenvalue weighted by Crippen LogP contribution is 2.29. The van der Waals surface area contributed by atoms with Gasteiger partial charge in [-0.25, -0.2) is 4.39 Å². The fourth-order valence-corrected chi connectivity index (χ4v) is 4.09. The number of aromatic nitrogens is 2. The molecule has 3 aromatic rings. The molecule has 1 aromatic heterocycles. The van der Waals surface area contributed by atoms with E-state index in [1.54, 1.807) is 25.1 Å². The number of halogens is 1. The first kappa shape index (κ1) is 22.9. The van der Waals surface area contributed by atoms with Gasteiger partial charge in [-0.2, -0.15) is 4.98 Å². The lowest BCUT2D eigenvalue weighted by molar-refractivity contribution is -0.134. The summed E-state index contributed by atoms with van der Waals surface area (Å²) in [7, 11) is 3.55. The number of nitrogens with zero attached hydrogens (tertiary/aromatic N) is 5. The predicted molar refractivity (Wildman–Crippen MR) is 125 cm³/mol. The predicted octanol–water partition coefficient (Wildman–Crippen LogP) is 3.95. The summed E-state index contributed by atoms with van der Waals surface area (Å²) >= 11 is 0. The number of hydrogen-bond acceptors (Lipinski definition) is 6. The Morgan fingerprint density at radius 2 is 1.76 bits per heavy atom. The summed E-state index contributed by atoms with van der Waals surface area (Å²) in [5.74, 6) is 0.787. The summed E-state index contributed by atoms with van der Waals surface area (Å²) in [5, 5.41) is 3.95. The van der Waals surface area contributed by atoms with Crippen LogP contribution in [-0.4, -0.2) is 66.1 Å². The van der Waals surface area contributed by atoms with Crippen LogP contribution in [0.5, 0.6) is 0 Å². The number of likely N-dealkylation sites (N-methyl/N-ethyl adjacent to an activating group) is 1. The minimum atomic E-state index is -0.344. The van der Waals surface area contributed by atoms with Crippen LogP contribution in [0.2, 0.25) is 0 Å². The highest BCUT2D eigenvalue weighted by molar-refractivity contribution is 5.83. The van der Waals surface area contributed by atoms with Gasteiger partial charge in [0.25, 0.3) is 5.89 Å². The molecule has 4 rings (SSSR count). The van der Waals surface area contributed by atoms with E-state index in [4.69, 9.17) is 4.52 Å². The van der Waals surface area contributed by atoms with E-state index in [0.717, 1.165) is 5.56 Å². The van der Waals surface area contributed by atoms with Crippen LogP contribution in [0.4, 0.5) is 10.1 Å². The number of piperazine rings is 1. The smallest absolute Gasteiger partial charge is 0.258 e. The highest BCUT2D eigenvalue weighted by atomic mass is 19.1. The van der Waals surface area contributed by atoms with Crippen LogP contribution in [0.15, 0.2) is 53.1 Å². The Labute approximate surface area is 193 Å². The molecule has 0 spiro atoms. The summed E-state index contributed by atoms with van der Waals surface area (Å²) in [4.78, 5) is 23.1. The van der Waals surface area contributed by atoms with Gasteiger partial charge in [0.15, 0.2) is 5.82 Å². The van der Waals surface area contributed by atoms with Crippen LogP contribution in [-0.2, 0) is 4.79 Å². The lowest BCUT2D eigenvalue weighted by Crippen LogP contribution is -2.51. The molecule has 2 aromatic carbocycles. The molecule has 1 amide bonds. The summed E-state index contributed by atoms with van der Waals surface area (Å²) in [6.07, 6.45) is 0. The van der Waals surface area contributed by atoms with Crippen molar-refractivity contribution in [3.05, 3.63) is 65.7 Å². The third kappa shape index (κ3) is 4.90. The van der Waals surface area contributed by atoms with Crippen molar-refractivity contribution in [1.29, 1.82) is 0 Å². The Hall–Kier alpha value is -3.26. The number of benzene rings is 2. The van der Waals surface area contributed by atoms with Gasteiger partial charge >= 0.3 is 0 Å². The van der Waals surface area contributed by atoms with Crippen molar-refractivity contribution >= 4 is 11.6 Å². The molecule has 174 valence electrons. The second-order valence-electron chi connectivity index (χ2n) is 8.85. The third-order valence-corrected chi connectivity index (χ3v) is 5.96. The summed E-state index contributed by atoms with van der Waals surface area (Å²) < 4.78 is 20.3. The third-order valence-electron chi connectivity index (χ3n) is 5.96. The average molecular weight is 452 g/mol. The Balaban J connectivity index is 1.48. The first-order valence-corrected chi connectivity index (χ1v) is 11.2. The van der Waals surface area contributed by atoms with Gasteiger partial charge in [-0.3, -0.25) is 9.69 Å². The molecule has 2 heterocycles. The maximum absolute atomic E-state index is 15.0. The van der Waals surface area contributed by atoms with Gasteiger partial charge in [-0.15, -0.1) is 0 Å². The number of carbonyl (C=O) groups excluding carboxylic acids is 1. The zero-order valence-corrected chi connectivity index (χ0v) is 19.5. The van der Waals surface area contributed by atoms with E-state index < -0.39 is 0 Å². The van der Waals surface area contributed by atoms with Crippen molar-refractivity contribution in [2.45, 2.75) is 25.8 Å². The van der Waals surface area contributed by atoms with Crippen molar-refractivity contribution in [2.75, 3.05) is 45.2 Å². The quantitative estimate of drug-likeness (QED) is 0.565. The zero-order valence-electron chi connectivity index (χ0n) is 19.5. The summed E-state index contributed by atoms with van der Waals surface area (Å²) in [6.45, 7) is 6.51. The molecule has 0 aliphatic carbocycles. The van der Waals surface area contributed by atoms with Gasteiger partial charge in [0.2, 0.25) is 5.91 Å². The van der Waals surface area contributed by atoms with Gasteiger partial charge in [0, 0.05) is 51.8 Å². The Bertz CT molecular complexity index is 1090. The number of anilines is 1. The van der Waals surface area contributed by atoms with Gasteiger partial charge in [-0.1, -0.05) is 49.3 Å². The largest absolute Gasteiger partial charge is 0.367 e.